The molecular formula is C31H30N6O2S. The molecular weight excluding hydrogens is 520 g/mol. The SMILES string of the molecule is COc1ccc(NCc2nnc(S[C@H](C)C(=O)N/N=C(\C)c3ccc4ccccc4c3)n2-c2ccccc2)cc1. The van der Waals surface area contributed by atoms with Crippen molar-refractivity contribution in [1.82, 2.24) is 20.2 Å². The fraction of sp³-hybridized carbons (Fsp3) is 0.161. The monoisotopic (exact) mass is 550 g/mol. The van der Waals surface area contributed by atoms with Crippen molar-refractivity contribution in [3.8, 4) is 11.4 Å². The smallest absolute Gasteiger partial charge is 0.253 e. The van der Waals surface area contributed by atoms with E-state index in [0.29, 0.717) is 11.7 Å². The normalized spacial score (nSPS) is 12.2. The Morgan fingerprint density at radius 1 is 0.950 bits per heavy atom. The second kappa shape index (κ2) is 12.5. The number of para-hydroxylation sites is 1. The second-order valence-corrected chi connectivity index (χ2v) is 10.5. The number of amides is 1. The molecule has 1 amide bonds. The van der Waals surface area contributed by atoms with Crippen molar-refractivity contribution in [2.75, 3.05) is 12.4 Å². The van der Waals surface area contributed by atoms with E-state index in [-0.39, 0.29) is 5.91 Å². The van der Waals surface area contributed by atoms with Crippen molar-refractivity contribution >= 4 is 39.8 Å². The summed E-state index contributed by atoms with van der Waals surface area (Å²) in [6, 6.07) is 31.9. The highest BCUT2D eigenvalue weighted by atomic mass is 32.2. The van der Waals surface area contributed by atoms with Gasteiger partial charge in [0, 0.05) is 11.4 Å². The first-order valence-corrected chi connectivity index (χ1v) is 13.8. The summed E-state index contributed by atoms with van der Waals surface area (Å²) in [4.78, 5) is 13.0. The van der Waals surface area contributed by atoms with Crippen LogP contribution < -0.4 is 15.5 Å². The topological polar surface area (TPSA) is 93.4 Å². The van der Waals surface area contributed by atoms with Gasteiger partial charge < -0.3 is 10.1 Å². The van der Waals surface area contributed by atoms with Crippen LogP contribution >= 0.6 is 11.8 Å². The third kappa shape index (κ3) is 6.32. The van der Waals surface area contributed by atoms with E-state index in [2.05, 4.69) is 50.3 Å². The van der Waals surface area contributed by atoms with Gasteiger partial charge in [-0.1, -0.05) is 66.4 Å². The summed E-state index contributed by atoms with van der Waals surface area (Å²) in [7, 11) is 1.64. The van der Waals surface area contributed by atoms with Gasteiger partial charge >= 0.3 is 0 Å². The minimum atomic E-state index is -0.456. The number of nitrogens with zero attached hydrogens (tertiary/aromatic N) is 4. The molecule has 0 aliphatic heterocycles. The lowest BCUT2D eigenvalue weighted by Gasteiger charge is -2.14. The molecule has 40 heavy (non-hydrogen) atoms. The van der Waals surface area contributed by atoms with E-state index in [4.69, 9.17) is 4.74 Å². The lowest BCUT2D eigenvalue weighted by molar-refractivity contribution is -0.120. The zero-order chi connectivity index (χ0) is 27.9. The molecule has 1 aromatic heterocycles. The highest BCUT2D eigenvalue weighted by Crippen LogP contribution is 2.26. The molecule has 8 nitrogen and oxygen atoms in total. The third-order valence-electron chi connectivity index (χ3n) is 6.41. The summed E-state index contributed by atoms with van der Waals surface area (Å²) in [5, 5.41) is 19.1. The van der Waals surface area contributed by atoms with Crippen molar-refractivity contribution in [2.45, 2.75) is 30.8 Å². The molecule has 4 aromatic carbocycles. The Morgan fingerprint density at radius 2 is 1.68 bits per heavy atom. The predicted octanol–water partition coefficient (Wildman–Crippen LogP) is 6.06. The maximum atomic E-state index is 13.0. The van der Waals surface area contributed by atoms with Crippen molar-refractivity contribution in [3.05, 3.63) is 108 Å². The van der Waals surface area contributed by atoms with Gasteiger partial charge in [-0.3, -0.25) is 9.36 Å². The summed E-state index contributed by atoms with van der Waals surface area (Å²) in [5.41, 5.74) is 6.26. The molecule has 5 rings (SSSR count). The van der Waals surface area contributed by atoms with Crippen molar-refractivity contribution < 1.29 is 9.53 Å². The van der Waals surface area contributed by atoms with Crippen LogP contribution in [0, 0.1) is 0 Å². The Labute approximate surface area is 237 Å². The average molecular weight is 551 g/mol. The van der Waals surface area contributed by atoms with Gasteiger partial charge in [-0.05, 0) is 72.6 Å². The Kier molecular flexibility index (Phi) is 8.41. The average Bonchev–Trinajstić information content (AvgIpc) is 3.41. The van der Waals surface area contributed by atoms with Crippen LogP contribution in [-0.4, -0.2) is 38.7 Å². The quantitative estimate of drug-likeness (QED) is 0.125. The molecule has 5 aromatic rings. The number of hydrogen-bond donors (Lipinski definition) is 2. The first-order valence-electron chi connectivity index (χ1n) is 12.9. The number of rotatable bonds is 10. The maximum absolute atomic E-state index is 13.0. The molecule has 1 heterocycles. The zero-order valence-electron chi connectivity index (χ0n) is 22.5. The van der Waals surface area contributed by atoms with Gasteiger partial charge in [-0.15, -0.1) is 10.2 Å². The number of carbonyl (C=O) groups is 1. The standard InChI is InChI=1S/C31H30N6O2S/c1-21(24-14-13-23-9-7-8-10-25(23)19-24)33-35-30(38)22(2)40-31-36-34-29(37(31)27-11-5-4-6-12-27)20-32-26-15-17-28(39-3)18-16-26/h4-19,22,32H,20H2,1-3H3,(H,35,38)/b33-21+/t22-/m1/s1. The van der Waals surface area contributed by atoms with E-state index < -0.39 is 5.25 Å². The minimum absolute atomic E-state index is 0.217. The van der Waals surface area contributed by atoms with Crippen LogP contribution in [0.4, 0.5) is 5.69 Å². The molecule has 0 radical (unpaired) electrons. The number of fused-ring (bicyclic) bond motifs is 1. The first kappa shape index (κ1) is 27.0. The van der Waals surface area contributed by atoms with E-state index in [1.165, 1.54) is 11.8 Å². The number of hydrazone groups is 1. The molecule has 2 N–H and O–H groups in total. The molecule has 9 heteroatoms. The zero-order valence-corrected chi connectivity index (χ0v) is 23.4. The predicted molar refractivity (Wildman–Crippen MR) is 161 cm³/mol. The van der Waals surface area contributed by atoms with Gasteiger partial charge in [0.25, 0.3) is 5.91 Å². The van der Waals surface area contributed by atoms with Gasteiger partial charge in [0.15, 0.2) is 11.0 Å². The summed E-state index contributed by atoms with van der Waals surface area (Å²) in [5.74, 6) is 1.30. The van der Waals surface area contributed by atoms with Crippen molar-refractivity contribution in [1.29, 1.82) is 0 Å². The van der Waals surface area contributed by atoms with Gasteiger partial charge in [0.05, 0.1) is 24.6 Å². The first-order chi connectivity index (χ1) is 19.5. The second-order valence-electron chi connectivity index (χ2n) is 9.15. The van der Waals surface area contributed by atoms with Gasteiger partial charge in [0.1, 0.15) is 5.75 Å². The fourth-order valence-corrected chi connectivity index (χ4v) is 5.02. The number of benzene rings is 4. The third-order valence-corrected chi connectivity index (χ3v) is 7.45. The number of thioether (sulfide) groups is 1. The molecule has 0 fully saturated rings. The van der Waals surface area contributed by atoms with Crippen LogP contribution in [0.25, 0.3) is 16.5 Å². The number of aromatic nitrogens is 3. The van der Waals surface area contributed by atoms with Crippen molar-refractivity contribution in [3.63, 3.8) is 0 Å². The minimum Gasteiger partial charge on any atom is -0.497 e. The molecule has 0 bridgehead atoms. The maximum Gasteiger partial charge on any atom is 0.253 e. The van der Waals surface area contributed by atoms with E-state index in [0.717, 1.165) is 45.0 Å². The van der Waals surface area contributed by atoms with Gasteiger partial charge in [0.2, 0.25) is 0 Å². The molecule has 202 valence electrons. The number of methoxy groups -OCH3 is 1. The summed E-state index contributed by atoms with van der Waals surface area (Å²) >= 11 is 1.33. The summed E-state index contributed by atoms with van der Waals surface area (Å²) in [6.07, 6.45) is 0. The van der Waals surface area contributed by atoms with E-state index in [9.17, 15) is 4.79 Å². The highest BCUT2D eigenvalue weighted by molar-refractivity contribution is 8.00. The Hall–Kier alpha value is -4.63. The summed E-state index contributed by atoms with van der Waals surface area (Å²) < 4.78 is 7.21. The molecule has 1 atom stereocenters. The van der Waals surface area contributed by atoms with E-state index >= 15 is 0 Å². The van der Waals surface area contributed by atoms with Crippen LogP contribution in [0.2, 0.25) is 0 Å². The van der Waals surface area contributed by atoms with Crippen LogP contribution in [-0.2, 0) is 11.3 Å². The molecule has 0 aliphatic rings. The lowest BCUT2D eigenvalue weighted by Crippen LogP contribution is -2.28. The Balaban J connectivity index is 1.29. The van der Waals surface area contributed by atoms with E-state index in [1.54, 1.807) is 7.11 Å². The van der Waals surface area contributed by atoms with Gasteiger partial charge in [-0.25, -0.2) is 5.43 Å². The van der Waals surface area contributed by atoms with Crippen molar-refractivity contribution in [2.24, 2.45) is 5.10 Å². The van der Waals surface area contributed by atoms with Crippen LogP contribution in [0.15, 0.2) is 107 Å². The molecule has 0 saturated carbocycles. The van der Waals surface area contributed by atoms with Crippen LogP contribution in [0.5, 0.6) is 5.75 Å². The van der Waals surface area contributed by atoms with Crippen LogP contribution in [0.1, 0.15) is 25.2 Å². The fourth-order valence-electron chi connectivity index (χ4n) is 4.14. The molecule has 0 aliphatic carbocycles. The van der Waals surface area contributed by atoms with Crippen LogP contribution in [0.3, 0.4) is 0 Å². The largest absolute Gasteiger partial charge is 0.497 e. The number of ether oxygens (including phenoxy) is 1. The number of anilines is 1. The lowest BCUT2D eigenvalue weighted by atomic mass is 10.0. The molecule has 0 unspecified atom stereocenters. The molecule has 0 spiro atoms. The van der Waals surface area contributed by atoms with Gasteiger partial charge in [-0.2, -0.15) is 5.10 Å². The molecule has 0 saturated heterocycles. The Bertz CT molecular complexity index is 1630. The van der Waals surface area contributed by atoms with E-state index in [1.807, 2.05) is 91.2 Å². The number of carbonyl (C=O) groups excluding carboxylic acids is 1. The number of nitrogens with one attached hydrogen (secondary N) is 2. The summed E-state index contributed by atoms with van der Waals surface area (Å²) in [6.45, 7) is 4.17. The number of hydrogen-bond acceptors (Lipinski definition) is 7. The Morgan fingerprint density at radius 3 is 2.42 bits per heavy atom. The highest BCUT2D eigenvalue weighted by Gasteiger charge is 2.21.